The molecule has 1 aromatic carbocycles. The predicted octanol–water partition coefficient (Wildman–Crippen LogP) is 1.48. The van der Waals surface area contributed by atoms with Crippen LogP contribution in [0.2, 0.25) is 0 Å². The Bertz CT molecular complexity index is 667. The van der Waals surface area contributed by atoms with Crippen LogP contribution in [0, 0.1) is 0 Å². The zero-order valence-electron chi connectivity index (χ0n) is 11.6. The highest BCUT2D eigenvalue weighted by molar-refractivity contribution is 7.90. The van der Waals surface area contributed by atoms with Gasteiger partial charge in [0.1, 0.15) is 11.3 Å². The number of hydrogen-bond acceptors (Lipinski definition) is 6. The SMILES string of the molecule is CNC(c1ccccc1)c1nnc(C(C)S(C)(=O)=O)o1. The van der Waals surface area contributed by atoms with E-state index in [9.17, 15) is 8.42 Å². The molecule has 0 bridgehead atoms. The number of nitrogens with one attached hydrogen (secondary N) is 1. The number of sulfone groups is 1. The summed E-state index contributed by atoms with van der Waals surface area (Å²) < 4.78 is 28.5. The smallest absolute Gasteiger partial charge is 0.237 e. The van der Waals surface area contributed by atoms with Gasteiger partial charge in [-0.3, -0.25) is 0 Å². The van der Waals surface area contributed by atoms with E-state index >= 15 is 0 Å². The van der Waals surface area contributed by atoms with E-state index in [1.807, 2.05) is 30.3 Å². The topological polar surface area (TPSA) is 85.1 Å². The fraction of sp³-hybridized carbons (Fsp3) is 0.385. The Morgan fingerprint density at radius 3 is 2.30 bits per heavy atom. The van der Waals surface area contributed by atoms with Crippen molar-refractivity contribution >= 4 is 9.84 Å². The van der Waals surface area contributed by atoms with Crippen LogP contribution in [-0.4, -0.2) is 31.9 Å². The summed E-state index contributed by atoms with van der Waals surface area (Å²) in [7, 11) is -1.48. The van der Waals surface area contributed by atoms with Crippen molar-refractivity contribution in [2.45, 2.75) is 18.2 Å². The zero-order chi connectivity index (χ0) is 14.8. The second kappa shape index (κ2) is 5.72. The third kappa shape index (κ3) is 3.05. The third-order valence-electron chi connectivity index (χ3n) is 3.11. The van der Waals surface area contributed by atoms with Crippen LogP contribution >= 0.6 is 0 Å². The van der Waals surface area contributed by atoms with Crippen molar-refractivity contribution in [3.63, 3.8) is 0 Å². The lowest BCUT2D eigenvalue weighted by atomic mass is 10.1. The van der Waals surface area contributed by atoms with Gasteiger partial charge in [0.25, 0.3) is 0 Å². The molecule has 108 valence electrons. The van der Waals surface area contributed by atoms with Gasteiger partial charge >= 0.3 is 0 Å². The first-order valence-corrected chi connectivity index (χ1v) is 8.13. The van der Waals surface area contributed by atoms with Crippen LogP contribution in [0.4, 0.5) is 0 Å². The number of hydrogen-bond donors (Lipinski definition) is 1. The van der Waals surface area contributed by atoms with Gasteiger partial charge in [0.05, 0.1) is 0 Å². The van der Waals surface area contributed by atoms with Gasteiger partial charge in [0, 0.05) is 6.26 Å². The van der Waals surface area contributed by atoms with E-state index in [0.717, 1.165) is 11.8 Å². The van der Waals surface area contributed by atoms with Crippen LogP contribution in [0.15, 0.2) is 34.7 Å². The van der Waals surface area contributed by atoms with Gasteiger partial charge in [-0.2, -0.15) is 0 Å². The van der Waals surface area contributed by atoms with E-state index < -0.39 is 15.1 Å². The van der Waals surface area contributed by atoms with Crippen molar-refractivity contribution in [3.8, 4) is 0 Å². The van der Waals surface area contributed by atoms with Crippen molar-refractivity contribution in [2.75, 3.05) is 13.3 Å². The Morgan fingerprint density at radius 2 is 1.75 bits per heavy atom. The first kappa shape index (κ1) is 14.7. The van der Waals surface area contributed by atoms with E-state index in [1.54, 1.807) is 7.05 Å². The van der Waals surface area contributed by atoms with Crippen molar-refractivity contribution in [3.05, 3.63) is 47.7 Å². The first-order chi connectivity index (χ1) is 9.43. The van der Waals surface area contributed by atoms with Crippen LogP contribution < -0.4 is 5.32 Å². The molecule has 1 N–H and O–H groups in total. The largest absolute Gasteiger partial charge is 0.422 e. The molecule has 0 radical (unpaired) electrons. The molecule has 2 unspecified atom stereocenters. The van der Waals surface area contributed by atoms with Crippen molar-refractivity contribution in [2.24, 2.45) is 0 Å². The number of nitrogens with zero attached hydrogens (tertiary/aromatic N) is 2. The molecule has 0 amide bonds. The van der Waals surface area contributed by atoms with Crippen LogP contribution in [0.1, 0.15) is 35.6 Å². The van der Waals surface area contributed by atoms with E-state index in [-0.39, 0.29) is 11.9 Å². The first-order valence-electron chi connectivity index (χ1n) is 6.18. The quantitative estimate of drug-likeness (QED) is 0.899. The summed E-state index contributed by atoms with van der Waals surface area (Å²) in [5, 5.41) is 10.1. The average Bonchev–Trinajstić information content (AvgIpc) is 2.88. The van der Waals surface area contributed by atoms with Crippen molar-refractivity contribution < 1.29 is 12.8 Å². The molecule has 1 aromatic heterocycles. The molecule has 6 nitrogen and oxygen atoms in total. The molecule has 2 aromatic rings. The molecule has 0 fully saturated rings. The van der Waals surface area contributed by atoms with Crippen LogP contribution in [0.5, 0.6) is 0 Å². The van der Waals surface area contributed by atoms with E-state index in [4.69, 9.17) is 4.42 Å². The molecule has 20 heavy (non-hydrogen) atoms. The summed E-state index contributed by atoms with van der Waals surface area (Å²) in [4.78, 5) is 0. The standard InChI is InChI=1S/C13H17N3O3S/c1-9(20(3,17)18)12-15-16-13(19-12)11(14-2)10-7-5-4-6-8-10/h4-9,11,14H,1-3H3. The summed E-state index contributed by atoms with van der Waals surface area (Å²) in [5.41, 5.74) is 0.970. The number of aromatic nitrogens is 2. The summed E-state index contributed by atoms with van der Waals surface area (Å²) in [5.74, 6) is 0.461. The molecule has 1 heterocycles. The minimum atomic E-state index is -3.26. The van der Waals surface area contributed by atoms with E-state index in [1.165, 1.54) is 6.92 Å². The maximum absolute atomic E-state index is 11.5. The minimum absolute atomic E-state index is 0.110. The lowest BCUT2D eigenvalue weighted by Gasteiger charge is -2.12. The minimum Gasteiger partial charge on any atom is -0.422 e. The summed E-state index contributed by atoms with van der Waals surface area (Å²) in [6.07, 6.45) is 1.15. The maximum Gasteiger partial charge on any atom is 0.237 e. The Hall–Kier alpha value is -1.73. The number of rotatable bonds is 5. The molecule has 2 atom stereocenters. The van der Waals surface area contributed by atoms with Gasteiger partial charge in [0.15, 0.2) is 9.84 Å². The molecule has 0 aliphatic carbocycles. The molecule has 2 rings (SSSR count). The fourth-order valence-electron chi connectivity index (χ4n) is 1.79. The fourth-order valence-corrected chi connectivity index (χ4v) is 2.25. The van der Waals surface area contributed by atoms with Gasteiger partial charge in [-0.25, -0.2) is 8.42 Å². The van der Waals surface area contributed by atoms with Gasteiger partial charge in [-0.05, 0) is 19.5 Å². The highest BCUT2D eigenvalue weighted by Gasteiger charge is 2.26. The Kier molecular flexibility index (Phi) is 4.20. The Balaban J connectivity index is 2.32. The second-order valence-electron chi connectivity index (χ2n) is 4.58. The normalized spacial score (nSPS) is 14.9. The van der Waals surface area contributed by atoms with Gasteiger partial charge in [-0.15, -0.1) is 10.2 Å². The molecule has 7 heteroatoms. The molecule has 0 aliphatic heterocycles. The molecular weight excluding hydrogens is 278 g/mol. The maximum atomic E-state index is 11.5. The molecule has 0 aliphatic rings. The lowest BCUT2D eigenvalue weighted by Crippen LogP contribution is -2.17. The molecule has 0 spiro atoms. The highest BCUT2D eigenvalue weighted by atomic mass is 32.2. The van der Waals surface area contributed by atoms with Crippen LogP contribution in [0.25, 0.3) is 0 Å². The lowest BCUT2D eigenvalue weighted by molar-refractivity contribution is 0.413. The monoisotopic (exact) mass is 295 g/mol. The summed E-state index contributed by atoms with van der Waals surface area (Å²) >= 11 is 0. The average molecular weight is 295 g/mol. The second-order valence-corrected chi connectivity index (χ2v) is 6.95. The Morgan fingerprint density at radius 1 is 1.15 bits per heavy atom. The van der Waals surface area contributed by atoms with Crippen LogP contribution in [-0.2, 0) is 9.84 Å². The van der Waals surface area contributed by atoms with E-state index in [2.05, 4.69) is 15.5 Å². The predicted molar refractivity (Wildman–Crippen MR) is 74.9 cm³/mol. The number of benzene rings is 1. The Labute approximate surface area is 118 Å². The van der Waals surface area contributed by atoms with Gasteiger partial charge < -0.3 is 9.73 Å². The van der Waals surface area contributed by atoms with Crippen molar-refractivity contribution in [1.82, 2.24) is 15.5 Å². The van der Waals surface area contributed by atoms with Gasteiger partial charge in [0.2, 0.25) is 11.8 Å². The molecule has 0 saturated heterocycles. The molecular formula is C13H17N3O3S. The van der Waals surface area contributed by atoms with Crippen molar-refractivity contribution in [1.29, 1.82) is 0 Å². The molecule has 0 saturated carbocycles. The summed E-state index contributed by atoms with van der Waals surface area (Å²) in [6.45, 7) is 1.53. The highest BCUT2D eigenvalue weighted by Crippen LogP contribution is 2.24. The third-order valence-corrected chi connectivity index (χ3v) is 4.60. The van der Waals surface area contributed by atoms with Crippen LogP contribution in [0.3, 0.4) is 0 Å². The van der Waals surface area contributed by atoms with Gasteiger partial charge in [-0.1, -0.05) is 30.3 Å². The van der Waals surface area contributed by atoms with E-state index in [0.29, 0.717) is 5.89 Å². The summed E-state index contributed by atoms with van der Waals surface area (Å²) in [6, 6.07) is 9.35. The zero-order valence-corrected chi connectivity index (χ0v) is 12.4.